The van der Waals surface area contributed by atoms with Crippen molar-refractivity contribution in [3.63, 3.8) is 0 Å². The van der Waals surface area contributed by atoms with E-state index in [1.165, 1.54) is 12.8 Å². The summed E-state index contributed by atoms with van der Waals surface area (Å²) in [7, 11) is 0. The quantitative estimate of drug-likeness (QED) is 0.646. The summed E-state index contributed by atoms with van der Waals surface area (Å²) >= 11 is 0. The number of benzene rings is 1. The topological polar surface area (TPSA) is 57.0 Å². The van der Waals surface area contributed by atoms with Gasteiger partial charge in [-0.1, -0.05) is 35.4 Å². The maximum atomic E-state index is 11.6. The Morgan fingerprint density at radius 2 is 2.13 bits per heavy atom. The SMILES string of the molecule is O=C(C#Cc1ccccc1)OCc1cn(C2=CCCCC2)nn1. The van der Waals surface area contributed by atoms with E-state index in [9.17, 15) is 4.79 Å². The highest BCUT2D eigenvalue weighted by molar-refractivity contribution is 5.89. The molecule has 0 saturated carbocycles. The molecule has 5 nitrogen and oxygen atoms in total. The summed E-state index contributed by atoms with van der Waals surface area (Å²) < 4.78 is 6.86. The molecule has 1 aliphatic rings. The van der Waals surface area contributed by atoms with E-state index in [1.807, 2.05) is 30.3 Å². The van der Waals surface area contributed by atoms with E-state index in [1.54, 1.807) is 10.9 Å². The van der Waals surface area contributed by atoms with Crippen LogP contribution in [0.1, 0.15) is 36.9 Å². The van der Waals surface area contributed by atoms with Crippen LogP contribution in [0.15, 0.2) is 42.6 Å². The van der Waals surface area contributed by atoms with Crippen LogP contribution in [0.4, 0.5) is 0 Å². The monoisotopic (exact) mass is 307 g/mol. The van der Waals surface area contributed by atoms with Crippen molar-refractivity contribution in [2.45, 2.75) is 32.3 Å². The van der Waals surface area contributed by atoms with E-state index in [0.717, 1.165) is 24.1 Å². The molecule has 1 aliphatic carbocycles. The van der Waals surface area contributed by atoms with Gasteiger partial charge in [0.2, 0.25) is 0 Å². The van der Waals surface area contributed by atoms with Gasteiger partial charge < -0.3 is 4.74 Å². The van der Waals surface area contributed by atoms with E-state index < -0.39 is 5.97 Å². The molecule has 116 valence electrons. The average Bonchev–Trinajstić information content (AvgIpc) is 3.09. The Hall–Kier alpha value is -2.87. The highest BCUT2D eigenvalue weighted by atomic mass is 16.5. The Balaban J connectivity index is 1.54. The Morgan fingerprint density at radius 1 is 1.26 bits per heavy atom. The lowest BCUT2D eigenvalue weighted by Gasteiger charge is -2.11. The number of carbonyl (C=O) groups excluding carboxylic acids is 1. The van der Waals surface area contributed by atoms with Crippen molar-refractivity contribution < 1.29 is 9.53 Å². The molecule has 1 aromatic heterocycles. The molecular formula is C18H17N3O2. The van der Waals surface area contributed by atoms with Crippen LogP contribution in [0.5, 0.6) is 0 Å². The van der Waals surface area contributed by atoms with E-state index >= 15 is 0 Å². The van der Waals surface area contributed by atoms with E-state index in [4.69, 9.17) is 4.74 Å². The first-order valence-electron chi connectivity index (χ1n) is 7.66. The van der Waals surface area contributed by atoms with Crippen molar-refractivity contribution in [1.82, 2.24) is 15.0 Å². The Morgan fingerprint density at radius 3 is 2.91 bits per heavy atom. The molecule has 0 radical (unpaired) electrons. The van der Waals surface area contributed by atoms with Gasteiger partial charge in [-0.15, -0.1) is 5.10 Å². The highest BCUT2D eigenvalue weighted by Gasteiger charge is 2.09. The fraction of sp³-hybridized carbons (Fsp3) is 0.278. The number of allylic oxidation sites excluding steroid dienone is 2. The second kappa shape index (κ2) is 7.41. The number of esters is 1. The number of nitrogens with zero attached hydrogens (tertiary/aromatic N) is 3. The van der Waals surface area contributed by atoms with Crippen molar-refractivity contribution in [3.8, 4) is 11.8 Å². The zero-order valence-corrected chi connectivity index (χ0v) is 12.7. The molecule has 0 fully saturated rings. The van der Waals surface area contributed by atoms with Crippen LogP contribution in [0, 0.1) is 11.8 Å². The lowest BCUT2D eigenvalue weighted by molar-refractivity contribution is -0.138. The van der Waals surface area contributed by atoms with Gasteiger partial charge in [0, 0.05) is 17.2 Å². The number of hydrogen-bond donors (Lipinski definition) is 0. The summed E-state index contributed by atoms with van der Waals surface area (Å²) in [4.78, 5) is 11.6. The summed E-state index contributed by atoms with van der Waals surface area (Å²) in [5.74, 6) is 4.66. The lowest BCUT2D eigenvalue weighted by atomic mass is 10.1. The molecule has 0 N–H and O–H groups in total. The van der Waals surface area contributed by atoms with Crippen LogP contribution in [0.25, 0.3) is 5.70 Å². The van der Waals surface area contributed by atoms with Gasteiger partial charge in [-0.05, 0) is 37.8 Å². The third-order valence-corrected chi connectivity index (χ3v) is 3.54. The van der Waals surface area contributed by atoms with Gasteiger partial charge in [-0.25, -0.2) is 9.48 Å². The van der Waals surface area contributed by atoms with Crippen molar-refractivity contribution in [3.05, 3.63) is 53.9 Å². The molecule has 23 heavy (non-hydrogen) atoms. The van der Waals surface area contributed by atoms with Crippen LogP contribution >= 0.6 is 0 Å². The molecule has 0 atom stereocenters. The van der Waals surface area contributed by atoms with Crippen molar-refractivity contribution in [2.75, 3.05) is 0 Å². The van der Waals surface area contributed by atoms with Crippen LogP contribution in [-0.4, -0.2) is 21.0 Å². The molecule has 1 aromatic carbocycles. The van der Waals surface area contributed by atoms with E-state index in [0.29, 0.717) is 5.69 Å². The fourth-order valence-corrected chi connectivity index (χ4v) is 2.35. The second-order valence-corrected chi connectivity index (χ2v) is 5.29. The predicted octanol–water partition coefficient (Wildman–Crippen LogP) is 2.79. The minimum absolute atomic E-state index is 0.0790. The average molecular weight is 307 g/mol. The highest BCUT2D eigenvalue weighted by Crippen LogP contribution is 2.20. The van der Waals surface area contributed by atoms with Gasteiger partial charge in [0.1, 0.15) is 12.3 Å². The minimum atomic E-state index is -0.569. The van der Waals surface area contributed by atoms with Gasteiger partial charge in [0.05, 0.1) is 6.20 Å². The van der Waals surface area contributed by atoms with E-state index in [-0.39, 0.29) is 6.61 Å². The standard InChI is InChI=1S/C18H17N3O2/c22-18(12-11-15-7-3-1-4-8-15)23-14-16-13-21(20-19-16)17-9-5-2-6-10-17/h1,3-4,7-9,13H,2,5-6,10,14H2. The molecule has 1 heterocycles. The van der Waals surface area contributed by atoms with Crippen LogP contribution in [0.2, 0.25) is 0 Å². The summed E-state index contributed by atoms with van der Waals surface area (Å²) in [5.41, 5.74) is 2.55. The normalized spacial score (nSPS) is 13.7. The van der Waals surface area contributed by atoms with Crippen LogP contribution in [-0.2, 0) is 16.1 Å². The molecular weight excluding hydrogens is 290 g/mol. The largest absolute Gasteiger partial charge is 0.449 e. The maximum Gasteiger partial charge on any atom is 0.385 e. The molecule has 0 bridgehead atoms. The van der Waals surface area contributed by atoms with Gasteiger partial charge >= 0.3 is 5.97 Å². The molecule has 0 spiro atoms. The van der Waals surface area contributed by atoms with Crippen LogP contribution < -0.4 is 0 Å². The lowest BCUT2D eigenvalue weighted by Crippen LogP contribution is -2.02. The van der Waals surface area contributed by atoms with Crippen molar-refractivity contribution >= 4 is 11.7 Å². The predicted molar refractivity (Wildman–Crippen MR) is 85.9 cm³/mol. The third-order valence-electron chi connectivity index (χ3n) is 3.54. The van der Waals surface area contributed by atoms with Gasteiger partial charge in [-0.2, -0.15) is 0 Å². The maximum absolute atomic E-state index is 11.6. The zero-order valence-electron chi connectivity index (χ0n) is 12.7. The molecule has 3 rings (SSSR count). The van der Waals surface area contributed by atoms with Gasteiger partial charge in [0.25, 0.3) is 0 Å². The summed E-state index contributed by atoms with van der Waals surface area (Å²) in [6.45, 7) is 0.0790. The molecule has 0 aliphatic heterocycles. The number of ether oxygens (including phenoxy) is 1. The Kier molecular flexibility index (Phi) is 4.85. The summed E-state index contributed by atoms with van der Waals surface area (Å²) in [6, 6.07) is 9.31. The van der Waals surface area contributed by atoms with E-state index in [2.05, 4.69) is 28.2 Å². The first-order chi connectivity index (χ1) is 11.3. The molecule has 0 saturated heterocycles. The first-order valence-corrected chi connectivity index (χ1v) is 7.66. The summed E-state index contributed by atoms with van der Waals surface area (Å²) in [5, 5.41) is 8.11. The third kappa shape index (κ3) is 4.30. The first kappa shape index (κ1) is 15.0. The Bertz CT molecular complexity index is 766. The molecule has 0 unspecified atom stereocenters. The molecule has 5 heteroatoms. The smallest absolute Gasteiger partial charge is 0.385 e. The number of hydrogen-bond acceptors (Lipinski definition) is 4. The minimum Gasteiger partial charge on any atom is -0.449 e. The fourth-order valence-electron chi connectivity index (χ4n) is 2.35. The Labute approximate surface area is 135 Å². The number of aromatic nitrogens is 3. The molecule has 0 amide bonds. The zero-order chi connectivity index (χ0) is 15.9. The second-order valence-electron chi connectivity index (χ2n) is 5.29. The summed E-state index contributed by atoms with van der Waals surface area (Å²) in [6.07, 6.45) is 8.46. The number of rotatable bonds is 3. The van der Waals surface area contributed by atoms with Gasteiger partial charge in [0.15, 0.2) is 0 Å². The van der Waals surface area contributed by atoms with Crippen molar-refractivity contribution in [2.24, 2.45) is 0 Å². The van der Waals surface area contributed by atoms with Crippen molar-refractivity contribution in [1.29, 1.82) is 0 Å². The van der Waals surface area contributed by atoms with Gasteiger partial charge in [-0.3, -0.25) is 0 Å². The number of carbonyl (C=O) groups is 1. The molecule has 2 aromatic rings. The van der Waals surface area contributed by atoms with Crippen LogP contribution in [0.3, 0.4) is 0 Å².